The lowest BCUT2D eigenvalue weighted by molar-refractivity contribution is 0.0933. The molecule has 0 spiro atoms. The molecule has 1 aliphatic heterocycles. The highest BCUT2D eigenvalue weighted by molar-refractivity contribution is 7.99. The maximum atomic E-state index is 12.6. The van der Waals surface area contributed by atoms with Crippen molar-refractivity contribution in [1.29, 1.82) is 0 Å². The van der Waals surface area contributed by atoms with E-state index in [4.69, 9.17) is 11.6 Å². The van der Waals surface area contributed by atoms with Crippen LogP contribution in [0, 0.1) is 0 Å². The van der Waals surface area contributed by atoms with Gasteiger partial charge in [0.25, 0.3) is 11.5 Å². The van der Waals surface area contributed by atoms with Crippen LogP contribution in [-0.4, -0.2) is 21.0 Å². The molecule has 122 valence electrons. The molecule has 2 aromatic heterocycles. The fourth-order valence-corrected chi connectivity index (χ4v) is 4.69. The lowest BCUT2D eigenvalue weighted by atomic mass is 10.0. The zero-order valence-electron chi connectivity index (χ0n) is 12.4. The first-order chi connectivity index (χ1) is 11.6. The van der Waals surface area contributed by atoms with Crippen molar-refractivity contribution in [2.45, 2.75) is 17.4 Å². The number of carbonyl (C=O) groups excluding carboxylic acids is 1. The van der Waals surface area contributed by atoms with Crippen LogP contribution >= 0.6 is 34.7 Å². The van der Waals surface area contributed by atoms with Crippen molar-refractivity contribution >= 4 is 45.6 Å². The summed E-state index contributed by atoms with van der Waals surface area (Å²) in [5, 5.41) is 5.36. The third-order valence-electron chi connectivity index (χ3n) is 3.90. The Bertz CT molecular complexity index is 998. The second kappa shape index (κ2) is 6.23. The van der Waals surface area contributed by atoms with E-state index in [1.807, 2.05) is 18.2 Å². The van der Waals surface area contributed by atoms with Crippen molar-refractivity contribution in [3.8, 4) is 0 Å². The van der Waals surface area contributed by atoms with Gasteiger partial charge in [-0.3, -0.25) is 14.0 Å². The van der Waals surface area contributed by atoms with Crippen LogP contribution in [0.2, 0.25) is 5.02 Å². The predicted molar refractivity (Wildman–Crippen MR) is 96.3 cm³/mol. The number of carbonyl (C=O) groups is 1. The lowest BCUT2D eigenvalue weighted by Gasteiger charge is -2.26. The number of nitrogens with one attached hydrogen (secondary N) is 1. The Labute approximate surface area is 150 Å². The monoisotopic (exact) mass is 377 g/mol. The molecule has 0 saturated carbocycles. The molecule has 3 heterocycles. The van der Waals surface area contributed by atoms with Gasteiger partial charge >= 0.3 is 0 Å². The average Bonchev–Trinajstić information content (AvgIpc) is 3.05. The fraction of sp³-hybridized carbons (Fsp3) is 0.188. The first-order valence-corrected chi connectivity index (χ1v) is 9.56. The summed E-state index contributed by atoms with van der Waals surface area (Å²) >= 11 is 9.19. The van der Waals surface area contributed by atoms with E-state index in [0.717, 1.165) is 22.6 Å². The zero-order chi connectivity index (χ0) is 16.7. The van der Waals surface area contributed by atoms with Gasteiger partial charge in [-0.2, -0.15) is 0 Å². The lowest BCUT2D eigenvalue weighted by Crippen LogP contribution is -2.35. The van der Waals surface area contributed by atoms with Gasteiger partial charge < -0.3 is 5.32 Å². The second-order valence-electron chi connectivity index (χ2n) is 5.38. The smallest absolute Gasteiger partial charge is 0.271 e. The minimum atomic E-state index is -0.407. The molecule has 5 nitrogen and oxygen atoms in total. The van der Waals surface area contributed by atoms with E-state index in [1.165, 1.54) is 21.9 Å². The van der Waals surface area contributed by atoms with E-state index in [1.54, 1.807) is 23.3 Å². The van der Waals surface area contributed by atoms with Crippen LogP contribution in [-0.2, 0) is 0 Å². The van der Waals surface area contributed by atoms with Crippen molar-refractivity contribution < 1.29 is 4.79 Å². The number of thioether (sulfide) groups is 1. The minimum Gasteiger partial charge on any atom is -0.345 e. The SMILES string of the molecule is O=C(NC1CCSc2ccc(Cl)cc21)c1cnc2sccn2c1=O. The largest absolute Gasteiger partial charge is 0.345 e. The predicted octanol–water partition coefficient (Wildman–Crippen LogP) is 3.38. The van der Waals surface area contributed by atoms with Crippen LogP contribution < -0.4 is 10.9 Å². The molecule has 3 aromatic rings. The number of fused-ring (bicyclic) bond motifs is 2. The number of amides is 1. The number of benzene rings is 1. The molecule has 8 heteroatoms. The Kier molecular flexibility index (Phi) is 4.07. The highest BCUT2D eigenvalue weighted by Crippen LogP contribution is 2.37. The highest BCUT2D eigenvalue weighted by atomic mass is 35.5. The standard InChI is InChI=1S/C16H12ClN3O2S2/c17-9-1-2-13-10(7-9)12(3-5-23-13)19-14(21)11-8-18-16-20(15(11)22)4-6-24-16/h1-2,4,6-8,12H,3,5H2,(H,19,21). The van der Waals surface area contributed by atoms with Gasteiger partial charge in [-0.05, 0) is 30.2 Å². The molecule has 1 atom stereocenters. The Hall–Kier alpha value is -1.83. The zero-order valence-corrected chi connectivity index (χ0v) is 14.7. The quantitative estimate of drug-likeness (QED) is 0.743. The van der Waals surface area contributed by atoms with E-state index in [2.05, 4.69) is 10.3 Å². The van der Waals surface area contributed by atoms with Gasteiger partial charge in [-0.15, -0.1) is 23.1 Å². The van der Waals surface area contributed by atoms with Gasteiger partial charge in [0.1, 0.15) is 5.56 Å². The maximum absolute atomic E-state index is 12.6. The molecule has 1 amide bonds. The summed E-state index contributed by atoms with van der Waals surface area (Å²) in [5.74, 6) is 0.497. The van der Waals surface area contributed by atoms with Crippen LogP contribution in [0.15, 0.2) is 45.7 Å². The molecule has 0 aliphatic carbocycles. The number of hydrogen-bond acceptors (Lipinski definition) is 5. The Morgan fingerprint density at radius 2 is 2.29 bits per heavy atom. The first-order valence-electron chi connectivity index (χ1n) is 7.31. The molecule has 4 rings (SSSR count). The van der Waals surface area contributed by atoms with Crippen LogP contribution in [0.1, 0.15) is 28.4 Å². The summed E-state index contributed by atoms with van der Waals surface area (Å²) in [5.41, 5.74) is 0.694. The van der Waals surface area contributed by atoms with Gasteiger partial charge in [0, 0.05) is 33.4 Å². The van der Waals surface area contributed by atoms with E-state index >= 15 is 0 Å². The molecule has 0 radical (unpaired) electrons. The summed E-state index contributed by atoms with van der Waals surface area (Å²) in [6.07, 6.45) is 3.76. The van der Waals surface area contributed by atoms with Crippen molar-refractivity contribution in [3.63, 3.8) is 0 Å². The number of aromatic nitrogens is 2. The number of thiazole rings is 1. The summed E-state index contributed by atoms with van der Waals surface area (Å²) in [6.45, 7) is 0. The van der Waals surface area contributed by atoms with Crippen molar-refractivity contribution in [2.75, 3.05) is 5.75 Å². The highest BCUT2D eigenvalue weighted by Gasteiger charge is 2.24. The minimum absolute atomic E-state index is 0.0488. The fourth-order valence-electron chi connectivity index (χ4n) is 2.73. The van der Waals surface area contributed by atoms with Gasteiger partial charge in [0.05, 0.1) is 6.04 Å². The van der Waals surface area contributed by atoms with Crippen LogP contribution in [0.4, 0.5) is 0 Å². The number of nitrogens with zero attached hydrogens (tertiary/aromatic N) is 2. The van der Waals surface area contributed by atoms with E-state index in [9.17, 15) is 9.59 Å². The molecule has 0 saturated heterocycles. The third kappa shape index (κ3) is 2.72. The molecule has 1 unspecified atom stereocenters. The van der Waals surface area contributed by atoms with Crippen molar-refractivity contribution in [3.05, 3.63) is 62.5 Å². The summed E-state index contributed by atoms with van der Waals surface area (Å²) in [4.78, 5) is 30.9. The maximum Gasteiger partial charge on any atom is 0.271 e. The molecule has 0 bridgehead atoms. The normalized spacial score (nSPS) is 16.8. The summed E-state index contributed by atoms with van der Waals surface area (Å²) in [6, 6.07) is 5.53. The second-order valence-corrected chi connectivity index (χ2v) is 7.82. The third-order valence-corrected chi connectivity index (χ3v) is 6.03. The molecule has 1 N–H and O–H groups in total. The summed E-state index contributed by atoms with van der Waals surface area (Å²) in [7, 11) is 0. The van der Waals surface area contributed by atoms with E-state index in [-0.39, 0.29) is 17.2 Å². The molecule has 1 aliphatic rings. The van der Waals surface area contributed by atoms with Crippen LogP contribution in [0.5, 0.6) is 0 Å². The van der Waals surface area contributed by atoms with E-state index in [0.29, 0.717) is 9.98 Å². The van der Waals surface area contributed by atoms with Crippen molar-refractivity contribution in [1.82, 2.24) is 14.7 Å². The average molecular weight is 378 g/mol. The van der Waals surface area contributed by atoms with Crippen molar-refractivity contribution in [2.24, 2.45) is 0 Å². The van der Waals surface area contributed by atoms with Gasteiger partial charge in [-0.25, -0.2) is 4.98 Å². The Morgan fingerprint density at radius 1 is 1.42 bits per heavy atom. The molecule has 0 fully saturated rings. The topological polar surface area (TPSA) is 63.5 Å². The van der Waals surface area contributed by atoms with Gasteiger partial charge in [0.15, 0.2) is 4.96 Å². The number of hydrogen-bond donors (Lipinski definition) is 1. The molecular formula is C16H12ClN3O2S2. The first kappa shape index (κ1) is 15.7. The Morgan fingerprint density at radius 3 is 3.17 bits per heavy atom. The Balaban J connectivity index is 1.66. The number of rotatable bonds is 2. The van der Waals surface area contributed by atoms with E-state index < -0.39 is 5.91 Å². The van der Waals surface area contributed by atoms with Gasteiger partial charge in [0.2, 0.25) is 0 Å². The van der Waals surface area contributed by atoms with Gasteiger partial charge in [-0.1, -0.05) is 11.6 Å². The molecule has 1 aromatic carbocycles. The molecular weight excluding hydrogens is 366 g/mol. The molecule has 24 heavy (non-hydrogen) atoms. The van der Waals surface area contributed by atoms with Crippen LogP contribution in [0.25, 0.3) is 4.96 Å². The van der Waals surface area contributed by atoms with Crippen LogP contribution in [0.3, 0.4) is 0 Å². The number of halogens is 1. The summed E-state index contributed by atoms with van der Waals surface area (Å²) < 4.78 is 1.39.